The first-order chi connectivity index (χ1) is 11.3. The molecule has 0 radical (unpaired) electrons. The predicted octanol–water partition coefficient (Wildman–Crippen LogP) is 2.77. The normalized spacial score (nSPS) is 13.9. The van der Waals surface area contributed by atoms with Crippen LogP contribution < -0.4 is 5.56 Å². The summed E-state index contributed by atoms with van der Waals surface area (Å²) in [6.07, 6.45) is 2.51. The first-order valence-electron chi connectivity index (χ1n) is 7.50. The van der Waals surface area contributed by atoms with Crippen molar-refractivity contribution in [3.63, 3.8) is 0 Å². The highest BCUT2D eigenvalue weighted by Crippen LogP contribution is 2.40. The Hall–Kier alpha value is -2.17. The van der Waals surface area contributed by atoms with Crippen molar-refractivity contribution in [3.05, 3.63) is 58.8 Å². The molecular weight excluding hydrogens is 324 g/mol. The van der Waals surface area contributed by atoms with Gasteiger partial charge in [0.05, 0.1) is 13.2 Å². The number of nitrogens with zero attached hydrogens (tertiary/aromatic N) is 4. The van der Waals surface area contributed by atoms with Gasteiger partial charge in [-0.25, -0.2) is 4.68 Å². The fraction of sp³-hybridized carbons (Fsp3) is 0.412. The van der Waals surface area contributed by atoms with Gasteiger partial charge in [-0.05, 0) is 22.7 Å². The molecule has 0 spiro atoms. The number of benzene rings is 1. The van der Waals surface area contributed by atoms with Gasteiger partial charge in [0.2, 0.25) is 0 Å². The van der Waals surface area contributed by atoms with Gasteiger partial charge in [0.15, 0.2) is 4.93 Å². The third kappa shape index (κ3) is 4.91. The van der Waals surface area contributed by atoms with E-state index in [4.69, 9.17) is 4.74 Å². The van der Waals surface area contributed by atoms with Gasteiger partial charge in [-0.3, -0.25) is 4.79 Å². The summed E-state index contributed by atoms with van der Waals surface area (Å²) in [6.45, 7) is 6.93. The Labute approximate surface area is 145 Å². The first kappa shape index (κ1) is 18.2. The van der Waals surface area contributed by atoms with E-state index < -0.39 is 10.5 Å². The van der Waals surface area contributed by atoms with Crippen molar-refractivity contribution in [2.24, 2.45) is 5.41 Å². The molecule has 1 aromatic heterocycles. The molecule has 0 saturated heterocycles. The van der Waals surface area contributed by atoms with Crippen LogP contribution in [0.2, 0.25) is 0 Å². The number of rotatable bonds is 6. The zero-order valence-corrected chi connectivity index (χ0v) is 14.8. The van der Waals surface area contributed by atoms with Gasteiger partial charge in [0, 0.05) is 0 Å². The van der Waals surface area contributed by atoms with Crippen molar-refractivity contribution < 1.29 is 4.74 Å². The Morgan fingerprint density at radius 3 is 2.54 bits per heavy atom. The number of hydrogen-bond acceptors (Lipinski definition) is 6. The Balaban J connectivity index is 2.42. The molecule has 0 fully saturated rings. The molecular formula is C17H20N4O2S. The minimum Gasteiger partial charge on any atom is -0.356 e. The summed E-state index contributed by atoms with van der Waals surface area (Å²) in [7, 11) is 0. The average molecular weight is 344 g/mol. The molecule has 1 aromatic carbocycles. The molecule has 0 saturated carbocycles. The van der Waals surface area contributed by atoms with Gasteiger partial charge < -0.3 is 4.74 Å². The molecule has 0 bridgehead atoms. The monoisotopic (exact) mass is 344 g/mol. The second-order valence-corrected chi connectivity index (χ2v) is 7.63. The molecule has 7 heteroatoms. The molecule has 0 aliphatic heterocycles. The van der Waals surface area contributed by atoms with E-state index in [-0.39, 0.29) is 12.0 Å². The third-order valence-electron chi connectivity index (χ3n) is 3.17. The van der Waals surface area contributed by atoms with Crippen molar-refractivity contribution in [2.75, 3.05) is 6.61 Å². The molecule has 1 atom stereocenters. The summed E-state index contributed by atoms with van der Waals surface area (Å²) in [5.41, 5.74) is 0.395. The fourth-order valence-electron chi connectivity index (χ4n) is 2.04. The third-order valence-corrected chi connectivity index (χ3v) is 4.07. The minimum absolute atomic E-state index is 0.0642. The lowest BCUT2D eigenvalue weighted by Gasteiger charge is -2.34. The molecule has 0 amide bonds. The Morgan fingerprint density at radius 2 is 2.00 bits per heavy atom. The van der Waals surface area contributed by atoms with E-state index >= 15 is 0 Å². The number of thiocyanates is 1. The average Bonchev–Trinajstić information content (AvgIpc) is 2.55. The maximum atomic E-state index is 11.2. The summed E-state index contributed by atoms with van der Waals surface area (Å²) in [5, 5.41) is 15.6. The standard InChI is InChI=1S/C17H20N4O2S/c1-16(2,3)11-23-17(24-12-18,14-7-5-4-6-8-14)10-21-13-19-15(22)9-20-21/h4-9,13H,10-11H2,1-3H3/t17-/m1/s1. The van der Waals surface area contributed by atoms with E-state index in [1.165, 1.54) is 11.0 Å². The molecule has 2 aromatic rings. The minimum atomic E-state index is -0.937. The van der Waals surface area contributed by atoms with Crippen LogP contribution in [0, 0.1) is 16.1 Å². The Kier molecular flexibility index (Phi) is 5.75. The molecule has 0 aliphatic carbocycles. The fourth-order valence-corrected chi connectivity index (χ4v) is 2.76. The van der Waals surface area contributed by atoms with Gasteiger partial charge in [-0.2, -0.15) is 15.3 Å². The van der Waals surface area contributed by atoms with E-state index in [2.05, 4.69) is 36.3 Å². The predicted molar refractivity (Wildman–Crippen MR) is 93.0 cm³/mol. The highest BCUT2D eigenvalue weighted by atomic mass is 32.2. The van der Waals surface area contributed by atoms with Crippen LogP contribution >= 0.6 is 11.8 Å². The van der Waals surface area contributed by atoms with Crippen LogP contribution in [0.25, 0.3) is 0 Å². The molecule has 0 aliphatic rings. The van der Waals surface area contributed by atoms with E-state index in [1.54, 1.807) is 0 Å². The van der Waals surface area contributed by atoms with Crippen molar-refractivity contribution >= 4 is 11.8 Å². The van der Waals surface area contributed by atoms with E-state index in [9.17, 15) is 10.1 Å². The van der Waals surface area contributed by atoms with Gasteiger partial charge in [-0.1, -0.05) is 51.1 Å². The number of hydrogen-bond donors (Lipinski definition) is 0. The molecule has 126 valence electrons. The second kappa shape index (κ2) is 7.60. The summed E-state index contributed by atoms with van der Waals surface area (Å²) in [5.74, 6) is 0. The van der Waals surface area contributed by atoms with E-state index in [0.29, 0.717) is 6.61 Å². The Bertz CT molecular complexity index is 744. The maximum Gasteiger partial charge on any atom is 0.291 e. The smallest absolute Gasteiger partial charge is 0.291 e. The number of thioether (sulfide) groups is 1. The highest BCUT2D eigenvalue weighted by molar-refractivity contribution is 8.04. The molecule has 2 rings (SSSR count). The van der Waals surface area contributed by atoms with Gasteiger partial charge in [0.1, 0.15) is 17.9 Å². The topological polar surface area (TPSA) is 80.8 Å². The van der Waals surface area contributed by atoms with Crippen LogP contribution in [0.1, 0.15) is 26.3 Å². The molecule has 0 N–H and O–H groups in total. The largest absolute Gasteiger partial charge is 0.356 e. The van der Waals surface area contributed by atoms with Crippen molar-refractivity contribution in [2.45, 2.75) is 32.2 Å². The summed E-state index contributed by atoms with van der Waals surface area (Å²) in [4.78, 5) is 14.0. The summed E-state index contributed by atoms with van der Waals surface area (Å²) < 4.78 is 7.74. The SMILES string of the molecule is CC(C)(C)CO[C@](Cn1cnc(=O)cn1)(SC#N)c1ccccc1. The number of ether oxygens (including phenoxy) is 1. The number of aromatic nitrogens is 3. The van der Waals surface area contributed by atoms with Crippen LogP contribution in [0.4, 0.5) is 0 Å². The lowest BCUT2D eigenvalue weighted by atomic mass is 9.98. The highest BCUT2D eigenvalue weighted by Gasteiger charge is 2.37. The van der Waals surface area contributed by atoms with E-state index in [0.717, 1.165) is 23.5 Å². The zero-order valence-electron chi connectivity index (χ0n) is 14.0. The second-order valence-electron chi connectivity index (χ2n) is 6.59. The summed E-state index contributed by atoms with van der Waals surface area (Å²) in [6, 6.07) is 9.55. The van der Waals surface area contributed by atoms with Crippen molar-refractivity contribution in [1.82, 2.24) is 14.8 Å². The molecule has 0 unspecified atom stereocenters. The van der Waals surface area contributed by atoms with Crippen LogP contribution in [0.3, 0.4) is 0 Å². The quantitative estimate of drug-likeness (QED) is 0.592. The van der Waals surface area contributed by atoms with Gasteiger partial charge in [-0.15, -0.1) is 0 Å². The van der Waals surface area contributed by atoms with Gasteiger partial charge >= 0.3 is 0 Å². The lowest BCUT2D eigenvalue weighted by Crippen LogP contribution is -2.35. The van der Waals surface area contributed by atoms with Crippen molar-refractivity contribution in [1.29, 1.82) is 5.26 Å². The Morgan fingerprint density at radius 1 is 1.29 bits per heavy atom. The van der Waals surface area contributed by atoms with Gasteiger partial charge in [0.25, 0.3) is 5.56 Å². The van der Waals surface area contributed by atoms with Crippen LogP contribution in [-0.2, 0) is 16.2 Å². The molecule has 6 nitrogen and oxygen atoms in total. The molecule has 1 heterocycles. The van der Waals surface area contributed by atoms with Crippen molar-refractivity contribution in [3.8, 4) is 5.40 Å². The number of nitriles is 1. The first-order valence-corrected chi connectivity index (χ1v) is 8.32. The van der Waals surface area contributed by atoms with Crippen LogP contribution in [0.5, 0.6) is 0 Å². The lowest BCUT2D eigenvalue weighted by molar-refractivity contribution is -0.0284. The maximum absolute atomic E-state index is 11.2. The molecule has 24 heavy (non-hydrogen) atoms. The zero-order chi connectivity index (χ0) is 17.6. The van der Waals surface area contributed by atoms with Crippen LogP contribution in [0.15, 0.2) is 47.7 Å². The van der Waals surface area contributed by atoms with E-state index in [1.807, 2.05) is 30.3 Å². The summed E-state index contributed by atoms with van der Waals surface area (Å²) >= 11 is 1.03. The van der Waals surface area contributed by atoms with Crippen LogP contribution in [-0.4, -0.2) is 21.4 Å².